The number of benzene rings is 1. The number of H-pyrrole nitrogens is 1. The summed E-state index contributed by atoms with van der Waals surface area (Å²) in [6, 6.07) is 5.78. The number of piperidine rings is 1. The van der Waals surface area contributed by atoms with Crippen LogP contribution >= 0.6 is 15.9 Å². The van der Waals surface area contributed by atoms with Crippen molar-refractivity contribution in [1.29, 1.82) is 5.41 Å². The molecule has 2 heterocycles. The number of aromatic amines is 1. The maximum Gasteiger partial charge on any atom is 0.200 e. The van der Waals surface area contributed by atoms with Crippen molar-refractivity contribution >= 4 is 32.7 Å². The Morgan fingerprint density at radius 3 is 2.80 bits per heavy atom. The minimum atomic E-state index is 0.0849. The van der Waals surface area contributed by atoms with E-state index in [9.17, 15) is 5.11 Å². The molecule has 0 unspecified atom stereocenters. The molecule has 106 valence electrons. The van der Waals surface area contributed by atoms with E-state index in [0.29, 0.717) is 11.4 Å². The summed E-state index contributed by atoms with van der Waals surface area (Å²) in [7, 11) is 0. The van der Waals surface area contributed by atoms with E-state index in [0.717, 1.165) is 47.2 Å². The summed E-state index contributed by atoms with van der Waals surface area (Å²) in [6.07, 6.45) is 2.21. The lowest BCUT2D eigenvalue weighted by Crippen LogP contribution is -2.37. The normalized spacial score (nSPS) is 16.8. The second-order valence-corrected chi connectivity index (χ2v) is 6.47. The number of nitrogens with zero attached hydrogens (tertiary/aromatic N) is 1. The molecule has 3 N–H and O–H groups in total. The summed E-state index contributed by atoms with van der Waals surface area (Å²) in [5.41, 5.74) is 1.46. The monoisotopic (exact) mass is 335 g/mol. The highest BCUT2D eigenvalue weighted by atomic mass is 79.9. The predicted molar refractivity (Wildman–Crippen MR) is 84.5 cm³/mol. The Morgan fingerprint density at radius 1 is 1.40 bits per heavy atom. The lowest BCUT2D eigenvalue weighted by Gasteiger charge is -2.32. The third kappa shape index (κ3) is 2.30. The topological polar surface area (TPSA) is 63.1 Å². The average molecular weight is 336 g/mol. The number of hydrogen-bond acceptors (Lipinski definition) is 2. The Hall–Kier alpha value is -1.49. The summed E-state index contributed by atoms with van der Waals surface area (Å²) >= 11 is 3.45. The molecule has 5 heteroatoms. The number of nitrogens with one attached hydrogen (secondary N) is 2. The van der Waals surface area contributed by atoms with Gasteiger partial charge in [-0.3, -0.25) is 5.41 Å². The second kappa shape index (κ2) is 5.13. The SMILES string of the molecule is CC1CCN(C(=N)c2c(O)[nH]c3ccc(Br)cc23)CC1. The zero-order valence-corrected chi connectivity index (χ0v) is 13.0. The van der Waals surface area contributed by atoms with Crippen LogP contribution in [0.2, 0.25) is 0 Å². The molecule has 0 amide bonds. The van der Waals surface area contributed by atoms with Gasteiger partial charge in [0.1, 0.15) is 5.84 Å². The maximum absolute atomic E-state index is 10.1. The number of amidine groups is 1. The minimum absolute atomic E-state index is 0.0849. The van der Waals surface area contributed by atoms with Crippen LogP contribution in [0.25, 0.3) is 10.9 Å². The van der Waals surface area contributed by atoms with Crippen molar-refractivity contribution < 1.29 is 5.11 Å². The molecule has 1 aliphatic rings. The molecular formula is C15H18BrN3O. The van der Waals surface area contributed by atoms with Crippen LogP contribution in [-0.4, -0.2) is 33.9 Å². The molecule has 1 aliphatic heterocycles. The van der Waals surface area contributed by atoms with E-state index >= 15 is 0 Å². The first-order valence-electron chi connectivity index (χ1n) is 6.90. The Morgan fingerprint density at radius 2 is 2.10 bits per heavy atom. The van der Waals surface area contributed by atoms with E-state index in [-0.39, 0.29) is 5.88 Å². The lowest BCUT2D eigenvalue weighted by atomic mass is 9.98. The Labute approximate surface area is 126 Å². The molecule has 1 aromatic heterocycles. The Kier molecular flexibility index (Phi) is 3.46. The third-order valence-electron chi connectivity index (χ3n) is 4.08. The van der Waals surface area contributed by atoms with Gasteiger partial charge in [0.15, 0.2) is 0 Å². The van der Waals surface area contributed by atoms with E-state index < -0.39 is 0 Å². The summed E-state index contributed by atoms with van der Waals surface area (Å²) < 4.78 is 0.949. The molecule has 0 radical (unpaired) electrons. The smallest absolute Gasteiger partial charge is 0.200 e. The first kappa shape index (κ1) is 13.5. The highest BCUT2D eigenvalue weighted by Gasteiger charge is 2.23. The first-order chi connectivity index (χ1) is 9.56. The molecular weight excluding hydrogens is 318 g/mol. The van der Waals surface area contributed by atoms with Gasteiger partial charge in [0, 0.05) is 28.5 Å². The van der Waals surface area contributed by atoms with Crippen molar-refractivity contribution in [1.82, 2.24) is 9.88 Å². The summed E-state index contributed by atoms with van der Waals surface area (Å²) in [5.74, 6) is 1.23. The molecule has 0 bridgehead atoms. The van der Waals surface area contributed by atoms with Gasteiger partial charge in [0.2, 0.25) is 5.88 Å². The van der Waals surface area contributed by atoms with E-state index in [1.54, 1.807) is 0 Å². The van der Waals surface area contributed by atoms with Gasteiger partial charge in [-0.1, -0.05) is 22.9 Å². The van der Waals surface area contributed by atoms with Gasteiger partial charge in [-0.25, -0.2) is 0 Å². The van der Waals surface area contributed by atoms with Crippen LogP contribution in [-0.2, 0) is 0 Å². The van der Waals surface area contributed by atoms with Gasteiger partial charge in [0.05, 0.1) is 5.56 Å². The van der Waals surface area contributed by atoms with Gasteiger partial charge >= 0.3 is 0 Å². The van der Waals surface area contributed by atoms with Crippen molar-refractivity contribution in [2.24, 2.45) is 5.92 Å². The third-order valence-corrected chi connectivity index (χ3v) is 4.57. The highest BCUT2D eigenvalue weighted by molar-refractivity contribution is 9.10. The molecule has 0 atom stereocenters. The zero-order valence-electron chi connectivity index (χ0n) is 11.4. The molecule has 3 rings (SSSR count). The number of hydrogen-bond donors (Lipinski definition) is 3. The van der Waals surface area contributed by atoms with Crippen molar-refractivity contribution in [3.05, 3.63) is 28.2 Å². The van der Waals surface area contributed by atoms with Crippen LogP contribution in [0.3, 0.4) is 0 Å². The van der Waals surface area contributed by atoms with E-state index in [2.05, 4.69) is 32.7 Å². The number of halogens is 1. The van der Waals surface area contributed by atoms with Crippen LogP contribution in [0.5, 0.6) is 5.88 Å². The van der Waals surface area contributed by atoms with Gasteiger partial charge < -0.3 is 15.0 Å². The van der Waals surface area contributed by atoms with E-state index in [4.69, 9.17) is 5.41 Å². The standard InChI is InChI=1S/C15H18BrN3O/c1-9-4-6-19(7-5-9)14(17)13-11-8-10(16)2-3-12(11)18-15(13)20/h2-3,8-9,17-18,20H,4-7H2,1H3. The zero-order chi connectivity index (χ0) is 14.3. The number of likely N-dealkylation sites (tertiary alicyclic amines) is 1. The van der Waals surface area contributed by atoms with Crippen LogP contribution in [0, 0.1) is 11.3 Å². The molecule has 1 saturated heterocycles. The molecule has 4 nitrogen and oxygen atoms in total. The number of fused-ring (bicyclic) bond motifs is 1. The van der Waals surface area contributed by atoms with Gasteiger partial charge in [-0.2, -0.15) is 0 Å². The van der Waals surface area contributed by atoms with Crippen LogP contribution in [0.15, 0.2) is 22.7 Å². The number of aromatic hydroxyl groups is 1. The highest BCUT2D eigenvalue weighted by Crippen LogP contribution is 2.31. The van der Waals surface area contributed by atoms with Gasteiger partial charge in [0.25, 0.3) is 0 Å². The Balaban J connectivity index is 1.98. The fourth-order valence-corrected chi connectivity index (χ4v) is 3.14. The van der Waals surface area contributed by atoms with E-state index in [1.807, 2.05) is 18.2 Å². The van der Waals surface area contributed by atoms with Crippen molar-refractivity contribution in [2.75, 3.05) is 13.1 Å². The molecule has 2 aromatic rings. The Bertz CT molecular complexity index is 656. The van der Waals surface area contributed by atoms with Crippen LogP contribution in [0.1, 0.15) is 25.3 Å². The first-order valence-corrected chi connectivity index (χ1v) is 7.69. The molecule has 1 aromatic carbocycles. The van der Waals surface area contributed by atoms with Crippen LogP contribution < -0.4 is 0 Å². The fourth-order valence-electron chi connectivity index (χ4n) is 2.78. The van der Waals surface area contributed by atoms with Crippen molar-refractivity contribution in [3.8, 4) is 5.88 Å². The largest absolute Gasteiger partial charge is 0.494 e. The van der Waals surface area contributed by atoms with E-state index in [1.165, 1.54) is 0 Å². The minimum Gasteiger partial charge on any atom is -0.494 e. The lowest BCUT2D eigenvalue weighted by molar-refractivity contribution is 0.279. The number of rotatable bonds is 1. The van der Waals surface area contributed by atoms with Gasteiger partial charge in [-0.05, 0) is 37.0 Å². The molecule has 0 aliphatic carbocycles. The van der Waals surface area contributed by atoms with Crippen LogP contribution in [0.4, 0.5) is 0 Å². The summed E-state index contributed by atoms with van der Waals surface area (Å²) in [4.78, 5) is 5.01. The predicted octanol–water partition coefficient (Wildman–Crippen LogP) is 3.69. The van der Waals surface area contributed by atoms with Crippen molar-refractivity contribution in [3.63, 3.8) is 0 Å². The van der Waals surface area contributed by atoms with Gasteiger partial charge in [-0.15, -0.1) is 0 Å². The van der Waals surface area contributed by atoms with Crippen molar-refractivity contribution in [2.45, 2.75) is 19.8 Å². The summed E-state index contributed by atoms with van der Waals surface area (Å²) in [6.45, 7) is 4.03. The maximum atomic E-state index is 10.1. The molecule has 0 saturated carbocycles. The molecule has 0 spiro atoms. The molecule has 1 fully saturated rings. The average Bonchev–Trinajstić information content (AvgIpc) is 2.74. The quantitative estimate of drug-likeness (QED) is 0.549. The fraction of sp³-hybridized carbons (Fsp3) is 0.400. The summed E-state index contributed by atoms with van der Waals surface area (Å²) in [5, 5.41) is 19.5. The molecule has 20 heavy (non-hydrogen) atoms. The number of aromatic nitrogens is 1. The second-order valence-electron chi connectivity index (χ2n) is 5.56.